The van der Waals surface area contributed by atoms with Crippen molar-refractivity contribution in [2.45, 2.75) is 0 Å². The normalized spacial score (nSPS) is 9.67. The van der Waals surface area contributed by atoms with Gasteiger partial charge in [0.05, 0.1) is 0 Å². The first-order valence-electron chi connectivity index (χ1n) is 3.67. The Morgan fingerprint density at radius 3 is 2.50 bits per heavy atom. The monoisotopic (exact) mass is 222 g/mol. The average Bonchev–Trinajstić information content (AvgIpc) is 2.15. The van der Waals surface area contributed by atoms with Gasteiger partial charge in [-0.2, -0.15) is 0 Å². The number of hydrogen-bond acceptors (Lipinski definition) is 1. The standard InChI is InChI=1S/C10H11AsO/c1-3-8-12-10-6-4-9(11-2)5-7-10/h3-7H,1-2,8H2. The van der Waals surface area contributed by atoms with Gasteiger partial charge in [-0.1, -0.05) is 0 Å². The molecule has 0 amide bonds. The summed E-state index contributed by atoms with van der Waals surface area (Å²) in [6.45, 7) is 4.15. The van der Waals surface area contributed by atoms with Gasteiger partial charge in [-0.3, -0.25) is 0 Å². The Balaban J connectivity index is 2.64. The fourth-order valence-corrected chi connectivity index (χ4v) is 1.56. The molecular formula is C10H11AsO. The van der Waals surface area contributed by atoms with Crippen molar-refractivity contribution in [3.05, 3.63) is 36.9 Å². The predicted molar refractivity (Wildman–Crippen MR) is 54.6 cm³/mol. The van der Waals surface area contributed by atoms with Gasteiger partial charge in [-0.05, 0) is 0 Å². The van der Waals surface area contributed by atoms with Crippen LogP contribution in [-0.4, -0.2) is 27.2 Å². The van der Waals surface area contributed by atoms with E-state index in [0.29, 0.717) is 6.61 Å². The fourth-order valence-electron chi connectivity index (χ4n) is 0.803. The maximum atomic E-state index is 5.33. The summed E-state index contributed by atoms with van der Waals surface area (Å²) in [7, 11) is 0. The van der Waals surface area contributed by atoms with Crippen molar-refractivity contribution >= 4 is 25.0 Å². The summed E-state index contributed by atoms with van der Waals surface area (Å²) >= 11 is 0.0849. The third-order valence-electron chi connectivity index (χ3n) is 1.39. The van der Waals surface area contributed by atoms with Crippen LogP contribution in [0, 0.1) is 0 Å². The van der Waals surface area contributed by atoms with E-state index in [1.807, 2.05) is 12.1 Å². The maximum absolute atomic E-state index is 5.33. The third kappa shape index (κ3) is 2.67. The van der Waals surface area contributed by atoms with Crippen LogP contribution in [0.1, 0.15) is 0 Å². The van der Waals surface area contributed by atoms with E-state index in [0.717, 1.165) is 5.75 Å². The van der Waals surface area contributed by atoms with Gasteiger partial charge in [-0.25, -0.2) is 0 Å². The minimum atomic E-state index is 0.0849. The summed E-state index contributed by atoms with van der Waals surface area (Å²) < 4.78 is 6.64. The van der Waals surface area contributed by atoms with Gasteiger partial charge in [0.25, 0.3) is 0 Å². The molecule has 0 spiro atoms. The molecule has 0 aliphatic carbocycles. The van der Waals surface area contributed by atoms with E-state index in [1.165, 1.54) is 4.35 Å². The van der Waals surface area contributed by atoms with Gasteiger partial charge in [0.2, 0.25) is 0 Å². The molecule has 0 saturated heterocycles. The summed E-state index contributed by atoms with van der Waals surface area (Å²) in [6.07, 6.45) is 1.74. The first-order valence-corrected chi connectivity index (χ1v) is 5.94. The number of ether oxygens (including phenoxy) is 1. The van der Waals surface area contributed by atoms with Crippen molar-refractivity contribution < 1.29 is 4.74 Å². The van der Waals surface area contributed by atoms with E-state index < -0.39 is 0 Å². The molecule has 0 fully saturated rings. The summed E-state index contributed by atoms with van der Waals surface area (Å²) in [4.78, 5) is 0. The van der Waals surface area contributed by atoms with E-state index in [2.05, 4.69) is 24.0 Å². The molecule has 0 aliphatic heterocycles. The molecule has 1 aromatic rings. The average molecular weight is 222 g/mol. The molecule has 0 N–H and O–H groups in total. The van der Waals surface area contributed by atoms with Crippen molar-refractivity contribution in [1.29, 1.82) is 0 Å². The molecule has 1 aromatic carbocycles. The Bertz CT molecular complexity index is 264. The molecule has 62 valence electrons. The summed E-state index contributed by atoms with van der Waals surface area (Å²) in [5, 5.41) is 3.88. The van der Waals surface area contributed by atoms with Gasteiger partial charge in [0.1, 0.15) is 0 Å². The van der Waals surface area contributed by atoms with Gasteiger partial charge >= 0.3 is 79.0 Å². The third-order valence-corrected chi connectivity index (χ3v) is 2.78. The van der Waals surface area contributed by atoms with Crippen molar-refractivity contribution in [3.63, 3.8) is 0 Å². The van der Waals surface area contributed by atoms with Crippen molar-refractivity contribution in [3.8, 4) is 5.75 Å². The first-order chi connectivity index (χ1) is 5.86. The fraction of sp³-hybridized carbons (Fsp3) is 0.100. The molecule has 0 aromatic heterocycles. The molecule has 1 rings (SSSR count). The minimum absolute atomic E-state index is 0.0849. The number of hydrogen-bond donors (Lipinski definition) is 0. The second kappa shape index (κ2) is 4.95. The quantitative estimate of drug-likeness (QED) is 0.545. The van der Waals surface area contributed by atoms with Gasteiger partial charge in [-0.15, -0.1) is 0 Å². The van der Waals surface area contributed by atoms with Crippen molar-refractivity contribution in [2.75, 3.05) is 6.61 Å². The first kappa shape index (κ1) is 9.28. The Labute approximate surface area is 79.3 Å². The second-order valence-corrected chi connectivity index (χ2v) is 4.00. The van der Waals surface area contributed by atoms with E-state index >= 15 is 0 Å². The Kier molecular flexibility index (Phi) is 3.82. The van der Waals surface area contributed by atoms with Crippen LogP contribution in [-0.2, 0) is 0 Å². The number of benzene rings is 1. The molecule has 0 atom stereocenters. The summed E-state index contributed by atoms with van der Waals surface area (Å²) in [5.74, 6) is 0.897. The topological polar surface area (TPSA) is 9.23 Å². The van der Waals surface area contributed by atoms with E-state index in [9.17, 15) is 0 Å². The molecule has 0 aliphatic rings. The molecule has 0 radical (unpaired) electrons. The van der Waals surface area contributed by atoms with E-state index in [1.54, 1.807) is 6.08 Å². The van der Waals surface area contributed by atoms with Crippen molar-refractivity contribution in [1.82, 2.24) is 0 Å². The Morgan fingerprint density at radius 1 is 1.33 bits per heavy atom. The van der Waals surface area contributed by atoms with Gasteiger partial charge in [0.15, 0.2) is 0 Å². The van der Waals surface area contributed by atoms with Crippen LogP contribution in [0.5, 0.6) is 5.75 Å². The van der Waals surface area contributed by atoms with Crippen LogP contribution < -0.4 is 9.09 Å². The molecule has 0 unspecified atom stereocenters. The zero-order valence-corrected chi connectivity index (χ0v) is 8.74. The molecule has 0 bridgehead atoms. The van der Waals surface area contributed by atoms with E-state index in [-0.39, 0.29) is 15.3 Å². The predicted octanol–water partition coefficient (Wildman–Crippen LogP) is 1.01. The molecule has 0 heterocycles. The van der Waals surface area contributed by atoms with Crippen LogP contribution in [0.3, 0.4) is 0 Å². The second-order valence-electron chi connectivity index (χ2n) is 2.25. The van der Waals surface area contributed by atoms with Crippen LogP contribution in [0.2, 0.25) is 0 Å². The van der Waals surface area contributed by atoms with Gasteiger partial charge in [0, 0.05) is 0 Å². The summed E-state index contributed by atoms with van der Waals surface area (Å²) in [6, 6.07) is 8.07. The summed E-state index contributed by atoms with van der Waals surface area (Å²) in [5.41, 5.74) is 0. The molecule has 1 nitrogen and oxygen atoms in total. The SMILES string of the molecule is C=CCOc1ccc([As]=C)cc1. The molecule has 2 heteroatoms. The van der Waals surface area contributed by atoms with Crippen molar-refractivity contribution in [2.24, 2.45) is 0 Å². The Morgan fingerprint density at radius 2 is 2.00 bits per heavy atom. The zero-order chi connectivity index (χ0) is 8.81. The number of rotatable bonds is 4. The Hall–Kier alpha value is -0.812. The van der Waals surface area contributed by atoms with E-state index in [4.69, 9.17) is 4.74 Å². The molecular weight excluding hydrogens is 211 g/mol. The van der Waals surface area contributed by atoms with Crippen LogP contribution >= 0.6 is 0 Å². The molecule has 0 saturated carbocycles. The van der Waals surface area contributed by atoms with Gasteiger partial charge < -0.3 is 0 Å². The molecule has 12 heavy (non-hydrogen) atoms. The van der Waals surface area contributed by atoms with Crippen LogP contribution in [0.4, 0.5) is 0 Å². The van der Waals surface area contributed by atoms with Crippen LogP contribution in [0.25, 0.3) is 0 Å². The zero-order valence-electron chi connectivity index (χ0n) is 6.86. The van der Waals surface area contributed by atoms with Crippen LogP contribution in [0.15, 0.2) is 36.9 Å².